The van der Waals surface area contributed by atoms with E-state index in [1.165, 1.54) is 6.33 Å². The number of amides is 1. The average Bonchev–Trinajstić information content (AvgIpc) is 3.55. The molecule has 1 atom stereocenters. The van der Waals surface area contributed by atoms with Crippen LogP contribution in [0.5, 0.6) is 0 Å². The lowest BCUT2D eigenvalue weighted by molar-refractivity contribution is 0.0667. The summed E-state index contributed by atoms with van der Waals surface area (Å²) in [4.78, 5) is 16.2. The normalized spacial score (nSPS) is 20.2. The zero-order valence-corrected chi connectivity index (χ0v) is 19.6. The van der Waals surface area contributed by atoms with Gasteiger partial charge in [-0.15, -0.1) is 0 Å². The molecule has 2 aliphatic rings. The van der Waals surface area contributed by atoms with Crippen molar-refractivity contribution in [3.8, 4) is 22.5 Å². The Morgan fingerprint density at radius 1 is 1.11 bits per heavy atom. The summed E-state index contributed by atoms with van der Waals surface area (Å²) in [6.45, 7) is 5.25. The van der Waals surface area contributed by atoms with E-state index in [1.54, 1.807) is 0 Å². The van der Waals surface area contributed by atoms with Crippen LogP contribution in [0.2, 0.25) is 0 Å². The Bertz CT molecular complexity index is 1420. The minimum atomic E-state index is -0.662. The van der Waals surface area contributed by atoms with E-state index < -0.39 is 11.7 Å². The Kier molecular flexibility index (Phi) is 4.99. The number of nitrogens with one attached hydrogen (secondary N) is 1. The van der Waals surface area contributed by atoms with Gasteiger partial charge in [-0.2, -0.15) is 10.2 Å². The SMILES string of the molecule is CC1(C)OC(=O)N[C@H]1c1cccc(-c2cc(-c3ccnn3C3CCOCC3)c3c(N)ncnn23)c1. The van der Waals surface area contributed by atoms with Crippen molar-refractivity contribution in [1.29, 1.82) is 0 Å². The predicted octanol–water partition coefficient (Wildman–Crippen LogP) is 3.75. The van der Waals surface area contributed by atoms with E-state index in [0.29, 0.717) is 5.82 Å². The van der Waals surface area contributed by atoms with Gasteiger partial charge < -0.3 is 20.5 Å². The molecule has 3 N–H and O–H groups in total. The fourth-order valence-electron chi connectivity index (χ4n) is 5.20. The van der Waals surface area contributed by atoms with Gasteiger partial charge in [-0.3, -0.25) is 4.68 Å². The monoisotopic (exact) mass is 473 g/mol. The molecule has 10 nitrogen and oxygen atoms in total. The molecular formula is C25H27N7O3. The molecule has 2 saturated heterocycles. The van der Waals surface area contributed by atoms with E-state index in [-0.39, 0.29) is 12.1 Å². The van der Waals surface area contributed by atoms with Gasteiger partial charge in [-0.05, 0) is 50.5 Å². The van der Waals surface area contributed by atoms with Crippen LogP contribution in [0.25, 0.3) is 28.0 Å². The predicted molar refractivity (Wildman–Crippen MR) is 130 cm³/mol. The summed E-state index contributed by atoms with van der Waals surface area (Å²) < 4.78 is 14.9. The fraction of sp³-hybridized carbons (Fsp3) is 0.360. The van der Waals surface area contributed by atoms with Crippen LogP contribution in [0.4, 0.5) is 10.6 Å². The number of hydrogen-bond donors (Lipinski definition) is 2. The molecule has 35 heavy (non-hydrogen) atoms. The molecule has 2 fully saturated rings. The van der Waals surface area contributed by atoms with Crippen LogP contribution in [-0.4, -0.2) is 49.3 Å². The lowest BCUT2D eigenvalue weighted by Gasteiger charge is -2.24. The fourth-order valence-corrected chi connectivity index (χ4v) is 5.20. The van der Waals surface area contributed by atoms with E-state index in [9.17, 15) is 4.79 Å². The number of nitrogen functional groups attached to an aromatic ring is 1. The maximum atomic E-state index is 11.9. The molecule has 1 aromatic carbocycles. The second-order valence-corrected chi connectivity index (χ2v) is 9.55. The molecule has 1 amide bonds. The molecule has 4 aromatic rings. The van der Waals surface area contributed by atoms with E-state index >= 15 is 0 Å². The average molecular weight is 474 g/mol. The Hall–Kier alpha value is -3.92. The van der Waals surface area contributed by atoms with Gasteiger partial charge in [0.05, 0.1) is 23.5 Å². The van der Waals surface area contributed by atoms with Crippen LogP contribution in [-0.2, 0) is 9.47 Å². The van der Waals surface area contributed by atoms with Gasteiger partial charge in [0.1, 0.15) is 17.4 Å². The molecular weight excluding hydrogens is 446 g/mol. The van der Waals surface area contributed by atoms with E-state index in [1.807, 2.05) is 48.8 Å². The van der Waals surface area contributed by atoms with Gasteiger partial charge in [0.15, 0.2) is 5.82 Å². The number of anilines is 1. The second kappa shape index (κ2) is 8.09. The van der Waals surface area contributed by atoms with Gasteiger partial charge in [-0.25, -0.2) is 14.3 Å². The third-order valence-electron chi connectivity index (χ3n) is 6.89. The molecule has 2 aliphatic heterocycles. The summed E-state index contributed by atoms with van der Waals surface area (Å²) in [7, 11) is 0. The van der Waals surface area contributed by atoms with Gasteiger partial charge in [-0.1, -0.05) is 18.2 Å². The van der Waals surface area contributed by atoms with Gasteiger partial charge >= 0.3 is 6.09 Å². The molecule has 0 bridgehead atoms. The molecule has 0 saturated carbocycles. The number of nitrogens with two attached hydrogens (primary N) is 1. The van der Waals surface area contributed by atoms with Crippen molar-refractivity contribution in [3.05, 3.63) is 54.5 Å². The molecule has 0 aliphatic carbocycles. The van der Waals surface area contributed by atoms with Crippen molar-refractivity contribution in [1.82, 2.24) is 29.7 Å². The highest BCUT2D eigenvalue weighted by Gasteiger charge is 2.42. The van der Waals surface area contributed by atoms with Crippen molar-refractivity contribution in [2.75, 3.05) is 18.9 Å². The van der Waals surface area contributed by atoms with Crippen LogP contribution < -0.4 is 11.1 Å². The number of nitrogens with zero attached hydrogens (tertiary/aromatic N) is 5. The number of carbonyl (C=O) groups is 1. The zero-order chi connectivity index (χ0) is 24.2. The molecule has 0 radical (unpaired) electrons. The Morgan fingerprint density at radius 2 is 1.94 bits per heavy atom. The molecule has 6 rings (SSSR count). The summed E-state index contributed by atoms with van der Waals surface area (Å²) in [6, 6.07) is 12.1. The molecule has 180 valence electrons. The van der Waals surface area contributed by atoms with Gasteiger partial charge in [0, 0.05) is 30.5 Å². The molecule has 0 spiro atoms. The van der Waals surface area contributed by atoms with Crippen LogP contribution in [0.15, 0.2) is 48.9 Å². The summed E-state index contributed by atoms with van der Waals surface area (Å²) in [6.07, 6.45) is 4.68. The first-order chi connectivity index (χ1) is 16.9. The summed E-state index contributed by atoms with van der Waals surface area (Å²) in [5, 5.41) is 12.1. The number of aromatic nitrogens is 5. The Morgan fingerprint density at radius 3 is 2.71 bits per heavy atom. The van der Waals surface area contributed by atoms with Crippen LogP contribution in [0.3, 0.4) is 0 Å². The smallest absolute Gasteiger partial charge is 0.408 e. The van der Waals surface area contributed by atoms with Crippen molar-refractivity contribution in [3.63, 3.8) is 0 Å². The first-order valence-electron chi connectivity index (χ1n) is 11.8. The van der Waals surface area contributed by atoms with Gasteiger partial charge in [0.2, 0.25) is 0 Å². The van der Waals surface area contributed by atoms with Crippen LogP contribution in [0.1, 0.15) is 44.3 Å². The number of carbonyl (C=O) groups excluding carboxylic acids is 1. The highest BCUT2D eigenvalue weighted by molar-refractivity contribution is 5.91. The highest BCUT2D eigenvalue weighted by Crippen LogP contribution is 2.39. The largest absolute Gasteiger partial charge is 0.441 e. The first kappa shape index (κ1) is 21.6. The number of ether oxygens (including phenoxy) is 2. The Labute approximate surface area is 202 Å². The molecule has 10 heteroatoms. The standard InChI is InChI=1S/C25H27N7O3/c1-25(2)22(30-24(33)35-25)16-5-3-4-15(12-16)20-13-18(21-23(26)27-14-29-32(20)21)19-6-9-28-31(19)17-7-10-34-11-8-17/h3-6,9,12-14,17,22H,7-8,10-11H2,1-2H3,(H,30,33)(H2,26,27,29)/t22-/m0/s1. The number of hydrogen-bond acceptors (Lipinski definition) is 7. The maximum Gasteiger partial charge on any atom is 0.408 e. The summed E-state index contributed by atoms with van der Waals surface area (Å²) in [5.74, 6) is 0.398. The van der Waals surface area contributed by atoms with Gasteiger partial charge in [0.25, 0.3) is 0 Å². The van der Waals surface area contributed by atoms with E-state index in [2.05, 4.69) is 37.3 Å². The second-order valence-electron chi connectivity index (χ2n) is 9.55. The van der Waals surface area contributed by atoms with Crippen molar-refractivity contribution >= 4 is 17.4 Å². The minimum absolute atomic E-state index is 0.259. The van der Waals surface area contributed by atoms with Crippen molar-refractivity contribution in [2.24, 2.45) is 0 Å². The summed E-state index contributed by atoms with van der Waals surface area (Å²) in [5.41, 5.74) is 11.1. The van der Waals surface area contributed by atoms with Crippen molar-refractivity contribution < 1.29 is 14.3 Å². The molecule has 3 aromatic heterocycles. The quantitative estimate of drug-likeness (QED) is 0.463. The molecule has 5 heterocycles. The third kappa shape index (κ3) is 3.61. The lowest BCUT2D eigenvalue weighted by atomic mass is 9.91. The maximum absolute atomic E-state index is 11.9. The van der Waals surface area contributed by atoms with Crippen LogP contribution in [0, 0.1) is 0 Å². The minimum Gasteiger partial charge on any atom is -0.441 e. The number of rotatable bonds is 4. The topological polar surface area (TPSA) is 122 Å². The lowest BCUT2D eigenvalue weighted by Crippen LogP contribution is -2.30. The zero-order valence-electron chi connectivity index (χ0n) is 19.6. The molecule has 0 unspecified atom stereocenters. The number of fused-ring (bicyclic) bond motifs is 1. The van der Waals surface area contributed by atoms with Crippen molar-refractivity contribution in [2.45, 2.75) is 44.4 Å². The highest BCUT2D eigenvalue weighted by atomic mass is 16.6. The Balaban J connectivity index is 1.48. The third-order valence-corrected chi connectivity index (χ3v) is 6.89. The number of cyclic esters (lactones) is 1. The van der Waals surface area contributed by atoms with E-state index in [4.69, 9.17) is 15.2 Å². The number of benzene rings is 1. The number of alkyl carbamates (subject to hydrolysis) is 1. The van der Waals surface area contributed by atoms with Crippen LogP contribution >= 0.6 is 0 Å². The van der Waals surface area contributed by atoms with E-state index in [0.717, 1.165) is 59.7 Å². The first-order valence-corrected chi connectivity index (χ1v) is 11.8. The summed E-state index contributed by atoms with van der Waals surface area (Å²) >= 11 is 0.